The van der Waals surface area contributed by atoms with E-state index in [1.54, 1.807) is 0 Å². The third-order valence-corrected chi connectivity index (χ3v) is 2.35. The Bertz CT molecular complexity index is 363. The third-order valence-electron chi connectivity index (χ3n) is 2.35. The van der Waals surface area contributed by atoms with Crippen molar-refractivity contribution in [3.05, 3.63) is 11.7 Å². The molecule has 0 aliphatic carbocycles. The molecule has 4 nitrogen and oxygen atoms in total. The second-order valence-electron chi connectivity index (χ2n) is 4.81. The van der Waals surface area contributed by atoms with Crippen molar-refractivity contribution < 1.29 is 17.7 Å². The van der Waals surface area contributed by atoms with Crippen molar-refractivity contribution in [2.75, 3.05) is 0 Å². The van der Waals surface area contributed by atoms with Gasteiger partial charge in [0.15, 0.2) is 5.82 Å². The summed E-state index contributed by atoms with van der Waals surface area (Å²) in [6.45, 7) is 4.09. The lowest BCUT2D eigenvalue weighted by Crippen LogP contribution is -2.24. The van der Waals surface area contributed by atoms with Crippen molar-refractivity contribution >= 4 is 0 Å². The number of alkyl halides is 3. The largest absolute Gasteiger partial charge is 0.389 e. The molecule has 18 heavy (non-hydrogen) atoms. The van der Waals surface area contributed by atoms with Gasteiger partial charge in [0.2, 0.25) is 5.89 Å². The summed E-state index contributed by atoms with van der Waals surface area (Å²) in [7, 11) is 0. The zero-order valence-corrected chi connectivity index (χ0v) is 10.5. The summed E-state index contributed by atoms with van der Waals surface area (Å²) in [6, 6.07) is -0.110. The predicted octanol–water partition coefficient (Wildman–Crippen LogP) is 2.48. The van der Waals surface area contributed by atoms with Gasteiger partial charge in [-0.05, 0) is 12.3 Å². The summed E-state index contributed by atoms with van der Waals surface area (Å²) in [5.74, 6) is 0.840. The lowest BCUT2D eigenvalue weighted by Gasteiger charge is -2.10. The highest BCUT2D eigenvalue weighted by Gasteiger charge is 2.27. The molecule has 0 radical (unpaired) electrons. The van der Waals surface area contributed by atoms with Crippen LogP contribution in [0.1, 0.15) is 38.4 Å². The van der Waals surface area contributed by atoms with Gasteiger partial charge in [-0.15, -0.1) is 0 Å². The average molecular weight is 265 g/mol. The Morgan fingerprint density at radius 3 is 2.56 bits per heavy atom. The Hall–Kier alpha value is -1.11. The molecule has 7 heteroatoms. The molecule has 104 valence electrons. The van der Waals surface area contributed by atoms with Gasteiger partial charge in [0.05, 0.1) is 6.42 Å². The molecular formula is C11H18F3N3O. The monoisotopic (exact) mass is 265 g/mol. The van der Waals surface area contributed by atoms with Gasteiger partial charge in [0, 0.05) is 18.9 Å². The van der Waals surface area contributed by atoms with Gasteiger partial charge >= 0.3 is 6.18 Å². The Balaban J connectivity index is 2.43. The van der Waals surface area contributed by atoms with E-state index in [0.29, 0.717) is 18.2 Å². The quantitative estimate of drug-likeness (QED) is 0.858. The first-order valence-corrected chi connectivity index (χ1v) is 5.90. The van der Waals surface area contributed by atoms with Crippen LogP contribution in [0, 0.1) is 5.92 Å². The highest BCUT2D eigenvalue weighted by Crippen LogP contribution is 2.21. The zero-order valence-electron chi connectivity index (χ0n) is 10.5. The fraction of sp³-hybridized carbons (Fsp3) is 0.818. The molecule has 0 aliphatic heterocycles. The summed E-state index contributed by atoms with van der Waals surface area (Å²) in [5.41, 5.74) is 5.85. The number of nitrogens with two attached hydrogens (primary N) is 1. The van der Waals surface area contributed by atoms with Crippen LogP contribution in [0.15, 0.2) is 4.52 Å². The molecule has 1 atom stereocenters. The van der Waals surface area contributed by atoms with Gasteiger partial charge in [-0.3, -0.25) is 0 Å². The number of halogens is 3. The molecule has 0 spiro atoms. The van der Waals surface area contributed by atoms with Gasteiger partial charge in [-0.25, -0.2) is 0 Å². The lowest BCUT2D eigenvalue weighted by molar-refractivity contribution is -0.134. The summed E-state index contributed by atoms with van der Waals surface area (Å²) in [6.07, 6.45) is -4.19. The molecule has 0 aromatic carbocycles. The van der Waals surface area contributed by atoms with Crippen molar-refractivity contribution in [3.8, 4) is 0 Å². The molecule has 0 aliphatic rings. The maximum Gasteiger partial charge on any atom is 0.389 e. The van der Waals surface area contributed by atoms with E-state index >= 15 is 0 Å². The van der Waals surface area contributed by atoms with Crippen molar-refractivity contribution in [1.82, 2.24) is 10.1 Å². The minimum absolute atomic E-state index is 0.0825. The molecule has 1 aromatic rings. The Kier molecular flexibility index (Phi) is 5.13. The molecule has 1 aromatic heterocycles. The Morgan fingerprint density at radius 2 is 2.00 bits per heavy atom. The van der Waals surface area contributed by atoms with E-state index in [0.717, 1.165) is 6.42 Å². The van der Waals surface area contributed by atoms with Crippen molar-refractivity contribution in [2.45, 2.75) is 51.7 Å². The fourth-order valence-corrected chi connectivity index (χ4v) is 1.64. The molecule has 0 bridgehead atoms. The van der Waals surface area contributed by atoms with Crippen LogP contribution in [0.4, 0.5) is 13.2 Å². The predicted molar refractivity (Wildman–Crippen MR) is 59.8 cm³/mol. The van der Waals surface area contributed by atoms with Gasteiger partial charge < -0.3 is 10.3 Å². The second-order valence-corrected chi connectivity index (χ2v) is 4.81. The molecule has 0 saturated heterocycles. The van der Waals surface area contributed by atoms with E-state index in [4.69, 9.17) is 10.3 Å². The topological polar surface area (TPSA) is 64.9 Å². The van der Waals surface area contributed by atoms with Crippen LogP contribution in [0.3, 0.4) is 0 Å². The number of rotatable bonds is 6. The molecule has 1 heterocycles. The first kappa shape index (κ1) is 14.9. The van der Waals surface area contributed by atoms with Crippen LogP contribution in [-0.4, -0.2) is 22.4 Å². The van der Waals surface area contributed by atoms with E-state index in [1.807, 2.05) is 13.8 Å². The Labute approximate surface area is 104 Å². The number of aryl methyl sites for hydroxylation is 1. The zero-order chi connectivity index (χ0) is 13.8. The Morgan fingerprint density at radius 1 is 1.33 bits per heavy atom. The highest BCUT2D eigenvalue weighted by atomic mass is 19.4. The normalized spacial score (nSPS) is 14.2. The maximum absolute atomic E-state index is 12.0. The van der Waals surface area contributed by atoms with E-state index in [-0.39, 0.29) is 18.3 Å². The van der Waals surface area contributed by atoms with E-state index in [2.05, 4.69) is 10.1 Å². The summed E-state index contributed by atoms with van der Waals surface area (Å²) in [5, 5.41) is 3.51. The molecular weight excluding hydrogens is 247 g/mol. The first-order valence-electron chi connectivity index (χ1n) is 5.90. The third kappa shape index (κ3) is 6.00. The highest BCUT2D eigenvalue weighted by molar-refractivity contribution is 4.89. The number of hydrogen-bond acceptors (Lipinski definition) is 4. The van der Waals surface area contributed by atoms with Crippen LogP contribution >= 0.6 is 0 Å². The standard InChI is InChI=1S/C11H18F3N3O/c1-7(2)5-8(15)6-10-16-9(17-18-10)3-4-11(12,13)14/h7-8H,3-6,15H2,1-2H3. The van der Waals surface area contributed by atoms with E-state index in [1.165, 1.54) is 0 Å². The van der Waals surface area contributed by atoms with Crippen LogP contribution < -0.4 is 5.73 Å². The van der Waals surface area contributed by atoms with Gasteiger partial charge in [-0.1, -0.05) is 19.0 Å². The molecule has 2 N–H and O–H groups in total. The van der Waals surface area contributed by atoms with Crippen LogP contribution in [-0.2, 0) is 12.8 Å². The molecule has 0 saturated carbocycles. The summed E-state index contributed by atoms with van der Waals surface area (Å²) in [4.78, 5) is 3.90. The summed E-state index contributed by atoms with van der Waals surface area (Å²) < 4.78 is 40.9. The number of nitrogens with zero attached hydrogens (tertiary/aromatic N) is 2. The van der Waals surface area contributed by atoms with Crippen LogP contribution in [0.25, 0.3) is 0 Å². The minimum Gasteiger partial charge on any atom is -0.339 e. The average Bonchev–Trinajstić information content (AvgIpc) is 2.60. The smallest absolute Gasteiger partial charge is 0.339 e. The lowest BCUT2D eigenvalue weighted by atomic mass is 10.0. The van der Waals surface area contributed by atoms with Crippen LogP contribution in [0.5, 0.6) is 0 Å². The molecule has 1 rings (SSSR count). The number of hydrogen-bond donors (Lipinski definition) is 1. The first-order chi connectivity index (χ1) is 8.26. The van der Waals surface area contributed by atoms with Gasteiger partial charge in [0.1, 0.15) is 0 Å². The van der Waals surface area contributed by atoms with E-state index in [9.17, 15) is 13.2 Å². The fourth-order valence-electron chi connectivity index (χ4n) is 1.64. The molecule has 0 fully saturated rings. The van der Waals surface area contributed by atoms with Gasteiger partial charge in [-0.2, -0.15) is 18.2 Å². The second kappa shape index (κ2) is 6.17. The van der Waals surface area contributed by atoms with Crippen molar-refractivity contribution in [1.29, 1.82) is 0 Å². The maximum atomic E-state index is 12.0. The SMILES string of the molecule is CC(C)CC(N)Cc1nc(CCC(F)(F)F)no1. The van der Waals surface area contributed by atoms with Crippen LogP contribution in [0.2, 0.25) is 0 Å². The van der Waals surface area contributed by atoms with E-state index < -0.39 is 12.6 Å². The minimum atomic E-state index is -4.20. The summed E-state index contributed by atoms with van der Waals surface area (Å²) >= 11 is 0. The van der Waals surface area contributed by atoms with Crippen molar-refractivity contribution in [2.24, 2.45) is 11.7 Å². The van der Waals surface area contributed by atoms with Gasteiger partial charge in [0.25, 0.3) is 0 Å². The van der Waals surface area contributed by atoms with Crippen molar-refractivity contribution in [3.63, 3.8) is 0 Å². The molecule has 1 unspecified atom stereocenters. The molecule has 0 amide bonds. The number of aromatic nitrogens is 2.